The molecule has 0 radical (unpaired) electrons. The van der Waals surface area contributed by atoms with Gasteiger partial charge in [0.05, 0.1) is 7.11 Å². The Kier molecular flexibility index (Phi) is 6.88. The van der Waals surface area contributed by atoms with Crippen molar-refractivity contribution in [2.75, 3.05) is 38.6 Å². The summed E-state index contributed by atoms with van der Waals surface area (Å²) < 4.78 is 18.8. The van der Waals surface area contributed by atoms with E-state index < -0.39 is 0 Å². The molecule has 0 unspecified atom stereocenters. The molecule has 1 amide bonds. The Morgan fingerprint density at radius 1 is 1.18 bits per heavy atom. The molecule has 5 nitrogen and oxygen atoms in total. The fourth-order valence-corrected chi connectivity index (χ4v) is 3.74. The van der Waals surface area contributed by atoms with Crippen molar-refractivity contribution in [1.29, 1.82) is 0 Å². The van der Waals surface area contributed by atoms with E-state index in [2.05, 4.69) is 5.32 Å². The summed E-state index contributed by atoms with van der Waals surface area (Å²) in [5.74, 6) is -0.0392. The van der Waals surface area contributed by atoms with E-state index >= 15 is 0 Å². The number of ether oxygens (including phenoxy) is 1. The lowest BCUT2D eigenvalue weighted by Gasteiger charge is -2.32. The van der Waals surface area contributed by atoms with E-state index in [-0.39, 0.29) is 23.5 Å². The topological polar surface area (TPSA) is 47.2 Å². The Hall–Kier alpha value is -2.15. The lowest BCUT2D eigenvalue weighted by Crippen LogP contribution is -3.29. The molecule has 1 saturated heterocycles. The summed E-state index contributed by atoms with van der Waals surface area (Å²) in [5.41, 5.74) is 1.72. The number of carbonyl (C=O) groups excluding carboxylic acids is 1. The molecule has 1 heterocycles. The third-order valence-electron chi connectivity index (χ3n) is 5.39. The molecule has 1 aliphatic rings. The van der Waals surface area contributed by atoms with Gasteiger partial charge in [0.25, 0.3) is 5.91 Å². The number of quaternary nitrogens is 2. The number of benzene rings is 2. The van der Waals surface area contributed by atoms with Crippen LogP contribution in [0.25, 0.3) is 0 Å². The number of carbonyl (C=O) groups is 1. The van der Waals surface area contributed by atoms with Crippen LogP contribution < -0.4 is 19.9 Å². The molecule has 150 valence electrons. The second-order valence-corrected chi connectivity index (χ2v) is 7.71. The van der Waals surface area contributed by atoms with E-state index in [1.807, 2.05) is 13.0 Å². The molecule has 7 heteroatoms. The predicted octanol–water partition coefficient (Wildman–Crippen LogP) is 0.798. The normalized spacial score (nSPS) is 20.4. The van der Waals surface area contributed by atoms with E-state index in [1.54, 1.807) is 36.4 Å². The molecule has 3 rings (SSSR count). The molecule has 1 fully saturated rings. The van der Waals surface area contributed by atoms with Gasteiger partial charge in [0.2, 0.25) is 0 Å². The van der Waals surface area contributed by atoms with Gasteiger partial charge in [-0.15, -0.1) is 0 Å². The number of methoxy groups -OCH3 is 1. The van der Waals surface area contributed by atoms with E-state index in [0.717, 1.165) is 44.0 Å². The molecule has 0 spiro atoms. The van der Waals surface area contributed by atoms with Crippen LogP contribution in [0.2, 0.25) is 5.02 Å². The Labute approximate surface area is 170 Å². The maximum absolute atomic E-state index is 13.9. The summed E-state index contributed by atoms with van der Waals surface area (Å²) in [6.07, 6.45) is 0. The van der Waals surface area contributed by atoms with Gasteiger partial charge >= 0.3 is 0 Å². The lowest BCUT2D eigenvalue weighted by molar-refractivity contribution is -1.02. The highest BCUT2D eigenvalue weighted by Gasteiger charge is 2.31. The van der Waals surface area contributed by atoms with Crippen molar-refractivity contribution < 1.29 is 23.7 Å². The highest BCUT2D eigenvalue weighted by Crippen LogP contribution is 2.17. The second-order valence-electron chi connectivity index (χ2n) is 7.27. The van der Waals surface area contributed by atoms with Crippen molar-refractivity contribution in [2.45, 2.75) is 19.5 Å². The van der Waals surface area contributed by atoms with E-state index in [0.29, 0.717) is 5.02 Å². The summed E-state index contributed by atoms with van der Waals surface area (Å²) in [4.78, 5) is 15.2. The Bertz CT molecular complexity index is 808. The number of hydrogen-bond acceptors (Lipinski definition) is 2. The van der Waals surface area contributed by atoms with Gasteiger partial charge < -0.3 is 19.9 Å². The highest BCUT2D eigenvalue weighted by atomic mass is 35.5. The number of halogens is 2. The van der Waals surface area contributed by atoms with Crippen molar-refractivity contribution in [2.24, 2.45) is 0 Å². The quantitative estimate of drug-likeness (QED) is 0.663. The molecule has 0 bridgehead atoms. The molecule has 0 aliphatic carbocycles. The SMILES string of the molecule is COc1ccc(C[NH+]2CC[NH+]([C@@H](C)C(=O)Nc3ccc(Cl)cc3)CC2)cc1F. The van der Waals surface area contributed by atoms with Gasteiger partial charge in [-0.1, -0.05) is 11.6 Å². The smallest absolute Gasteiger partial charge is 0.282 e. The first kappa shape index (κ1) is 20.6. The standard InChI is InChI=1S/C21H25ClFN3O2/c1-15(21(27)24-18-6-4-17(22)5-7-18)26-11-9-25(10-12-26)14-16-3-8-20(28-2)19(23)13-16/h3-8,13,15H,9-12,14H2,1-2H3,(H,24,27)/p+2/t15-/m0/s1. The minimum absolute atomic E-state index is 0.0120. The summed E-state index contributed by atoms with van der Waals surface area (Å²) in [6, 6.07) is 12.1. The molecular weight excluding hydrogens is 381 g/mol. The average Bonchev–Trinajstić information content (AvgIpc) is 2.70. The van der Waals surface area contributed by atoms with Gasteiger partial charge in [0.1, 0.15) is 32.7 Å². The number of hydrogen-bond donors (Lipinski definition) is 3. The number of amides is 1. The third kappa shape index (κ3) is 5.22. The van der Waals surface area contributed by atoms with Crippen molar-refractivity contribution in [3.8, 4) is 5.75 Å². The predicted molar refractivity (Wildman–Crippen MR) is 108 cm³/mol. The molecule has 0 aromatic heterocycles. The van der Waals surface area contributed by atoms with Crippen LogP contribution >= 0.6 is 11.6 Å². The Morgan fingerprint density at radius 3 is 2.46 bits per heavy atom. The molecule has 0 saturated carbocycles. The van der Waals surface area contributed by atoms with E-state index in [9.17, 15) is 9.18 Å². The average molecular weight is 408 g/mol. The van der Waals surface area contributed by atoms with Crippen LogP contribution in [0.5, 0.6) is 5.75 Å². The monoisotopic (exact) mass is 407 g/mol. The second kappa shape index (κ2) is 9.37. The van der Waals surface area contributed by atoms with Crippen molar-refractivity contribution in [3.63, 3.8) is 0 Å². The van der Waals surface area contributed by atoms with Crippen molar-refractivity contribution in [3.05, 3.63) is 58.9 Å². The number of nitrogens with one attached hydrogen (secondary N) is 3. The van der Waals surface area contributed by atoms with Crippen molar-refractivity contribution >= 4 is 23.2 Å². The van der Waals surface area contributed by atoms with Crippen LogP contribution in [0, 0.1) is 5.82 Å². The molecule has 3 N–H and O–H groups in total. The van der Waals surface area contributed by atoms with Crippen LogP contribution in [0.4, 0.5) is 10.1 Å². The van der Waals surface area contributed by atoms with Gasteiger partial charge in [-0.05, 0) is 49.4 Å². The Morgan fingerprint density at radius 2 is 1.86 bits per heavy atom. The first-order valence-corrected chi connectivity index (χ1v) is 9.91. The zero-order chi connectivity index (χ0) is 20.1. The largest absolute Gasteiger partial charge is 0.494 e. The molecule has 1 atom stereocenters. The van der Waals surface area contributed by atoms with E-state index in [1.165, 1.54) is 16.9 Å². The zero-order valence-corrected chi connectivity index (χ0v) is 17.0. The van der Waals surface area contributed by atoms with Crippen LogP contribution in [-0.4, -0.2) is 45.2 Å². The highest BCUT2D eigenvalue weighted by molar-refractivity contribution is 6.30. The maximum atomic E-state index is 13.9. The van der Waals surface area contributed by atoms with Gasteiger partial charge in [0.15, 0.2) is 17.6 Å². The fraction of sp³-hybridized carbons (Fsp3) is 0.381. The minimum Gasteiger partial charge on any atom is -0.494 e. The number of anilines is 1. The molecule has 2 aromatic rings. The first-order valence-electron chi connectivity index (χ1n) is 9.53. The van der Waals surface area contributed by atoms with Gasteiger partial charge in [-0.25, -0.2) is 4.39 Å². The van der Waals surface area contributed by atoms with Crippen molar-refractivity contribution in [1.82, 2.24) is 0 Å². The van der Waals surface area contributed by atoms with Gasteiger partial charge in [-0.3, -0.25) is 4.79 Å². The molecule has 1 aliphatic heterocycles. The molecular formula is C21H27ClFN3O2+2. The van der Waals surface area contributed by atoms with Crippen LogP contribution in [0.15, 0.2) is 42.5 Å². The Balaban J connectivity index is 1.49. The van der Waals surface area contributed by atoms with Gasteiger partial charge in [-0.2, -0.15) is 0 Å². The first-order chi connectivity index (χ1) is 13.5. The maximum Gasteiger partial charge on any atom is 0.282 e. The summed E-state index contributed by atoms with van der Waals surface area (Å²) in [7, 11) is 1.47. The minimum atomic E-state index is -0.323. The number of piperazine rings is 1. The van der Waals surface area contributed by atoms with E-state index in [4.69, 9.17) is 16.3 Å². The van der Waals surface area contributed by atoms with Crippen LogP contribution in [0.1, 0.15) is 12.5 Å². The number of rotatable bonds is 6. The lowest BCUT2D eigenvalue weighted by atomic mass is 10.1. The fourth-order valence-electron chi connectivity index (χ4n) is 3.61. The van der Waals surface area contributed by atoms with Gasteiger partial charge in [0, 0.05) is 16.3 Å². The third-order valence-corrected chi connectivity index (χ3v) is 5.64. The summed E-state index contributed by atoms with van der Waals surface area (Å²) in [6.45, 7) is 6.44. The van der Waals surface area contributed by atoms with Crippen LogP contribution in [-0.2, 0) is 11.3 Å². The molecule has 28 heavy (non-hydrogen) atoms. The summed E-state index contributed by atoms with van der Waals surface area (Å²) in [5, 5.41) is 3.60. The summed E-state index contributed by atoms with van der Waals surface area (Å²) >= 11 is 5.88. The van der Waals surface area contributed by atoms with Crippen LogP contribution in [0.3, 0.4) is 0 Å². The molecule has 2 aromatic carbocycles. The zero-order valence-electron chi connectivity index (χ0n) is 16.2.